The van der Waals surface area contributed by atoms with Gasteiger partial charge in [-0.1, -0.05) is 0 Å². The summed E-state index contributed by atoms with van der Waals surface area (Å²) in [6.07, 6.45) is 1.48. The number of hydrogen-bond acceptors (Lipinski definition) is 4. The van der Waals surface area contributed by atoms with E-state index in [2.05, 4.69) is 5.32 Å². The van der Waals surface area contributed by atoms with Crippen LogP contribution in [0.1, 0.15) is 12.8 Å². The third-order valence-electron chi connectivity index (χ3n) is 3.04. The number of amides is 3. The summed E-state index contributed by atoms with van der Waals surface area (Å²) in [6.45, 7) is 1.02. The van der Waals surface area contributed by atoms with Crippen LogP contribution in [0.2, 0.25) is 0 Å². The normalized spacial score (nSPS) is 21.4. The van der Waals surface area contributed by atoms with Gasteiger partial charge in [-0.2, -0.15) is 0 Å². The number of urea groups is 1. The molecular formula is C11H21N3O4. The van der Waals surface area contributed by atoms with Gasteiger partial charge in [0.15, 0.2) is 0 Å². The molecule has 104 valence electrons. The van der Waals surface area contributed by atoms with E-state index in [-0.39, 0.29) is 25.0 Å². The van der Waals surface area contributed by atoms with Crippen molar-refractivity contribution in [2.75, 3.05) is 33.4 Å². The Labute approximate surface area is 106 Å². The van der Waals surface area contributed by atoms with Crippen molar-refractivity contribution in [1.29, 1.82) is 0 Å². The van der Waals surface area contributed by atoms with Crippen LogP contribution in [0, 0.1) is 5.92 Å². The number of methoxy groups -OCH3 is 1. The van der Waals surface area contributed by atoms with Crippen LogP contribution in [-0.2, 0) is 9.53 Å². The molecule has 3 amide bonds. The summed E-state index contributed by atoms with van der Waals surface area (Å²) in [4.78, 5) is 24.5. The van der Waals surface area contributed by atoms with Crippen molar-refractivity contribution in [3.05, 3.63) is 0 Å². The molecule has 4 N–H and O–H groups in total. The van der Waals surface area contributed by atoms with Gasteiger partial charge in [-0.05, 0) is 12.8 Å². The summed E-state index contributed by atoms with van der Waals surface area (Å²) in [5, 5.41) is 11.8. The van der Waals surface area contributed by atoms with E-state index in [0.717, 1.165) is 12.8 Å². The second-order valence-electron chi connectivity index (χ2n) is 4.47. The van der Waals surface area contributed by atoms with E-state index in [9.17, 15) is 9.59 Å². The summed E-state index contributed by atoms with van der Waals surface area (Å²) in [6, 6.07) is -0.908. The maximum Gasteiger partial charge on any atom is 0.314 e. The molecule has 0 bridgehead atoms. The highest BCUT2D eigenvalue weighted by Gasteiger charge is 2.28. The van der Waals surface area contributed by atoms with E-state index in [1.807, 2.05) is 0 Å². The Morgan fingerprint density at radius 3 is 2.89 bits per heavy atom. The number of likely N-dealkylation sites (tertiary alicyclic amines) is 1. The smallest absolute Gasteiger partial charge is 0.314 e. The fraction of sp³-hybridized carbons (Fsp3) is 0.818. The van der Waals surface area contributed by atoms with E-state index >= 15 is 0 Å². The molecule has 7 nitrogen and oxygen atoms in total. The number of primary amides is 1. The number of aliphatic hydroxyl groups excluding tert-OH is 1. The second kappa shape index (κ2) is 7.17. The molecule has 1 rings (SSSR count). The highest BCUT2D eigenvalue weighted by molar-refractivity contribution is 5.80. The molecule has 0 saturated carbocycles. The Morgan fingerprint density at radius 1 is 1.61 bits per heavy atom. The Bertz CT molecular complexity index is 298. The number of piperidine rings is 1. The Hall–Kier alpha value is -1.34. The number of nitrogens with zero attached hydrogens (tertiary/aromatic N) is 1. The molecule has 1 saturated heterocycles. The fourth-order valence-electron chi connectivity index (χ4n) is 2.05. The summed E-state index contributed by atoms with van der Waals surface area (Å²) < 4.78 is 4.88. The topological polar surface area (TPSA) is 105 Å². The molecule has 0 aromatic rings. The Balaban J connectivity index is 2.47. The van der Waals surface area contributed by atoms with Crippen molar-refractivity contribution in [2.45, 2.75) is 18.9 Å². The molecule has 2 atom stereocenters. The highest BCUT2D eigenvalue weighted by Crippen LogP contribution is 2.16. The SMILES string of the molecule is COCC(CO)NC(=O)C1CCCN(C(N)=O)C1. The standard InChI is InChI=1S/C11H21N3O4/c1-18-7-9(6-15)13-10(16)8-3-2-4-14(5-8)11(12)17/h8-9,15H,2-7H2,1H3,(H2,12,17)(H,13,16). The van der Waals surface area contributed by atoms with Crippen molar-refractivity contribution in [3.63, 3.8) is 0 Å². The van der Waals surface area contributed by atoms with E-state index in [0.29, 0.717) is 13.1 Å². The number of rotatable bonds is 5. The van der Waals surface area contributed by atoms with Gasteiger partial charge in [0.05, 0.1) is 25.2 Å². The molecule has 1 heterocycles. The lowest BCUT2D eigenvalue weighted by Crippen LogP contribution is -2.50. The van der Waals surface area contributed by atoms with Crippen molar-refractivity contribution < 1.29 is 19.4 Å². The molecule has 1 aliphatic rings. The van der Waals surface area contributed by atoms with Crippen LogP contribution in [0.25, 0.3) is 0 Å². The van der Waals surface area contributed by atoms with E-state index < -0.39 is 12.1 Å². The third-order valence-corrected chi connectivity index (χ3v) is 3.04. The molecule has 1 aliphatic heterocycles. The number of aliphatic hydroxyl groups is 1. The van der Waals surface area contributed by atoms with Crippen molar-refractivity contribution in [2.24, 2.45) is 11.7 Å². The van der Waals surface area contributed by atoms with Gasteiger partial charge in [0.25, 0.3) is 0 Å². The Kier molecular flexibility index (Phi) is 5.87. The lowest BCUT2D eigenvalue weighted by molar-refractivity contribution is -0.127. The van der Waals surface area contributed by atoms with Crippen LogP contribution in [0.15, 0.2) is 0 Å². The van der Waals surface area contributed by atoms with E-state index in [1.54, 1.807) is 0 Å². The molecule has 1 fully saturated rings. The van der Waals surface area contributed by atoms with Gasteiger partial charge >= 0.3 is 6.03 Å². The zero-order chi connectivity index (χ0) is 13.5. The van der Waals surface area contributed by atoms with Crippen molar-refractivity contribution in [3.8, 4) is 0 Å². The molecule has 0 aliphatic carbocycles. The number of ether oxygens (including phenoxy) is 1. The lowest BCUT2D eigenvalue weighted by atomic mass is 9.97. The first-order valence-corrected chi connectivity index (χ1v) is 6.03. The van der Waals surface area contributed by atoms with Crippen LogP contribution < -0.4 is 11.1 Å². The quantitative estimate of drug-likeness (QED) is 0.583. The van der Waals surface area contributed by atoms with Crippen molar-refractivity contribution in [1.82, 2.24) is 10.2 Å². The first-order valence-electron chi connectivity index (χ1n) is 6.03. The molecule has 18 heavy (non-hydrogen) atoms. The lowest BCUT2D eigenvalue weighted by Gasteiger charge is -2.31. The van der Waals surface area contributed by atoms with Crippen molar-refractivity contribution >= 4 is 11.9 Å². The average molecular weight is 259 g/mol. The molecule has 7 heteroatoms. The zero-order valence-corrected chi connectivity index (χ0v) is 10.6. The van der Waals surface area contributed by atoms with Crippen LogP contribution in [0.5, 0.6) is 0 Å². The molecule has 2 unspecified atom stereocenters. The summed E-state index contributed by atoms with van der Waals surface area (Å²) in [7, 11) is 1.50. The summed E-state index contributed by atoms with van der Waals surface area (Å²) >= 11 is 0. The monoisotopic (exact) mass is 259 g/mol. The minimum Gasteiger partial charge on any atom is -0.394 e. The van der Waals surface area contributed by atoms with E-state index in [4.69, 9.17) is 15.6 Å². The van der Waals surface area contributed by atoms with Crippen LogP contribution in [0.4, 0.5) is 4.79 Å². The number of nitrogens with one attached hydrogen (secondary N) is 1. The van der Waals surface area contributed by atoms with Gasteiger partial charge in [0.2, 0.25) is 5.91 Å². The average Bonchev–Trinajstić information content (AvgIpc) is 2.38. The maximum atomic E-state index is 12.0. The number of hydrogen-bond donors (Lipinski definition) is 3. The predicted octanol–water partition coefficient (Wildman–Crippen LogP) is -1.10. The Morgan fingerprint density at radius 2 is 2.33 bits per heavy atom. The minimum absolute atomic E-state index is 0.169. The molecule has 0 radical (unpaired) electrons. The number of carbonyl (C=O) groups excluding carboxylic acids is 2. The second-order valence-corrected chi connectivity index (χ2v) is 4.47. The first kappa shape index (κ1) is 14.7. The summed E-state index contributed by atoms with van der Waals surface area (Å²) in [5.41, 5.74) is 5.20. The van der Waals surface area contributed by atoms with E-state index in [1.165, 1.54) is 12.0 Å². The first-order chi connectivity index (χ1) is 8.58. The highest BCUT2D eigenvalue weighted by atomic mass is 16.5. The van der Waals surface area contributed by atoms with Gasteiger partial charge in [0.1, 0.15) is 0 Å². The van der Waals surface area contributed by atoms with Gasteiger partial charge in [-0.15, -0.1) is 0 Å². The number of carbonyl (C=O) groups is 2. The largest absolute Gasteiger partial charge is 0.394 e. The fourth-order valence-corrected chi connectivity index (χ4v) is 2.05. The molecule has 0 aromatic carbocycles. The van der Waals surface area contributed by atoms with Gasteiger partial charge in [-0.3, -0.25) is 4.79 Å². The van der Waals surface area contributed by atoms with Crippen LogP contribution in [0.3, 0.4) is 0 Å². The third kappa shape index (κ3) is 4.15. The van der Waals surface area contributed by atoms with Gasteiger partial charge in [0, 0.05) is 20.2 Å². The van der Waals surface area contributed by atoms with Crippen LogP contribution in [-0.4, -0.2) is 61.4 Å². The number of nitrogens with two attached hydrogens (primary N) is 1. The van der Waals surface area contributed by atoms with Crippen LogP contribution >= 0.6 is 0 Å². The molecule has 0 spiro atoms. The predicted molar refractivity (Wildman–Crippen MR) is 64.8 cm³/mol. The van der Waals surface area contributed by atoms with Gasteiger partial charge in [-0.25, -0.2) is 4.79 Å². The minimum atomic E-state index is -0.497. The molecule has 0 aromatic heterocycles. The maximum absolute atomic E-state index is 12.0. The molecular weight excluding hydrogens is 238 g/mol. The van der Waals surface area contributed by atoms with Gasteiger partial charge < -0.3 is 25.8 Å². The zero-order valence-electron chi connectivity index (χ0n) is 10.6. The summed E-state index contributed by atoms with van der Waals surface area (Å²) in [5.74, 6) is -0.436.